The van der Waals surface area contributed by atoms with Crippen LogP contribution in [-0.4, -0.2) is 22.8 Å². The first-order valence-corrected chi connectivity index (χ1v) is 6.67. The standard InChI is InChI=1S/C15H23NO2/c1-10-6-12(17)16(13(10)18)11-7-14(2,3)9-15(4,5)8-11/h6,11H,7-9H2,1-5H3. The van der Waals surface area contributed by atoms with E-state index in [-0.39, 0.29) is 28.7 Å². The van der Waals surface area contributed by atoms with Gasteiger partial charge in [0.25, 0.3) is 11.8 Å². The van der Waals surface area contributed by atoms with Crippen molar-refractivity contribution >= 4 is 11.8 Å². The van der Waals surface area contributed by atoms with E-state index in [9.17, 15) is 9.59 Å². The lowest BCUT2D eigenvalue weighted by atomic mass is 9.63. The number of amides is 2. The van der Waals surface area contributed by atoms with Crippen LogP contribution < -0.4 is 0 Å². The highest BCUT2D eigenvalue weighted by Gasteiger charge is 2.44. The van der Waals surface area contributed by atoms with Crippen LogP contribution in [0.5, 0.6) is 0 Å². The van der Waals surface area contributed by atoms with Crippen molar-refractivity contribution in [2.45, 2.75) is 59.9 Å². The predicted octanol–water partition coefficient (Wildman–Crippen LogP) is 2.91. The third-order valence-corrected chi connectivity index (χ3v) is 4.03. The molecule has 100 valence electrons. The average Bonchev–Trinajstić information content (AvgIpc) is 2.35. The van der Waals surface area contributed by atoms with Gasteiger partial charge in [0.05, 0.1) is 0 Å². The van der Waals surface area contributed by atoms with Gasteiger partial charge in [0.1, 0.15) is 0 Å². The van der Waals surface area contributed by atoms with Crippen molar-refractivity contribution in [3.63, 3.8) is 0 Å². The van der Waals surface area contributed by atoms with E-state index in [2.05, 4.69) is 27.7 Å². The maximum Gasteiger partial charge on any atom is 0.256 e. The van der Waals surface area contributed by atoms with E-state index in [0.717, 1.165) is 19.3 Å². The lowest BCUT2D eigenvalue weighted by Gasteiger charge is -2.47. The number of carbonyl (C=O) groups is 2. The Labute approximate surface area is 109 Å². The summed E-state index contributed by atoms with van der Waals surface area (Å²) in [7, 11) is 0. The van der Waals surface area contributed by atoms with E-state index < -0.39 is 0 Å². The second-order valence-corrected chi connectivity index (χ2v) is 7.41. The summed E-state index contributed by atoms with van der Waals surface area (Å²) in [4.78, 5) is 25.5. The molecule has 2 aliphatic rings. The van der Waals surface area contributed by atoms with Crippen molar-refractivity contribution in [2.24, 2.45) is 10.8 Å². The molecular formula is C15H23NO2. The van der Waals surface area contributed by atoms with E-state index in [1.54, 1.807) is 6.92 Å². The molecule has 0 radical (unpaired) electrons. The Kier molecular flexibility index (Phi) is 2.91. The fourth-order valence-corrected chi connectivity index (χ4v) is 3.92. The molecular weight excluding hydrogens is 226 g/mol. The summed E-state index contributed by atoms with van der Waals surface area (Å²) < 4.78 is 0. The van der Waals surface area contributed by atoms with Crippen LogP contribution in [0.3, 0.4) is 0 Å². The van der Waals surface area contributed by atoms with E-state index in [0.29, 0.717) is 5.57 Å². The molecule has 0 saturated heterocycles. The molecule has 3 nitrogen and oxygen atoms in total. The quantitative estimate of drug-likeness (QED) is 0.670. The Morgan fingerprint density at radius 1 is 1.11 bits per heavy atom. The molecule has 0 bridgehead atoms. The van der Waals surface area contributed by atoms with Gasteiger partial charge >= 0.3 is 0 Å². The molecule has 1 heterocycles. The van der Waals surface area contributed by atoms with Crippen molar-refractivity contribution in [1.82, 2.24) is 4.90 Å². The molecule has 2 rings (SSSR count). The second kappa shape index (κ2) is 3.94. The number of hydrogen-bond acceptors (Lipinski definition) is 2. The summed E-state index contributed by atoms with van der Waals surface area (Å²) in [6.07, 6.45) is 4.43. The summed E-state index contributed by atoms with van der Waals surface area (Å²) in [5.41, 5.74) is 0.939. The van der Waals surface area contributed by atoms with Crippen molar-refractivity contribution in [2.75, 3.05) is 0 Å². The lowest BCUT2D eigenvalue weighted by Crippen LogP contribution is -2.48. The van der Waals surface area contributed by atoms with Crippen molar-refractivity contribution in [3.05, 3.63) is 11.6 Å². The van der Waals surface area contributed by atoms with Gasteiger partial charge in [0.2, 0.25) is 0 Å². The molecule has 3 heteroatoms. The first kappa shape index (κ1) is 13.3. The van der Waals surface area contributed by atoms with E-state index in [4.69, 9.17) is 0 Å². The molecule has 0 aromatic carbocycles. The van der Waals surface area contributed by atoms with Crippen LogP contribution in [0.2, 0.25) is 0 Å². The van der Waals surface area contributed by atoms with Gasteiger partial charge in [-0.25, -0.2) is 0 Å². The Morgan fingerprint density at radius 3 is 2.00 bits per heavy atom. The minimum absolute atomic E-state index is 0.0532. The SMILES string of the molecule is CC1=CC(=O)N(C2CC(C)(C)CC(C)(C)C2)C1=O. The Bertz CT molecular complexity index is 416. The minimum atomic E-state index is -0.129. The highest BCUT2D eigenvalue weighted by atomic mass is 16.2. The normalized spacial score (nSPS) is 27.6. The average molecular weight is 249 g/mol. The van der Waals surface area contributed by atoms with Crippen LogP contribution in [0.4, 0.5) is 0 Å². The number of nitrogens with zero attached hydrogens (tertiary/aromatic N) is 1. The van der Waals surface area contributed by atoms with Crippen LogP contribution in [0.1, 0.15) is 53.9 Å². The van der Waals surface area contributed by atoms with E-state index >= 15 is 0 Å². The highest BCUT2D eigenvalue weighted by molar-refractivity contribution is 6.16. The third-order valence-electron chi connectivity index (χ3n) is 4.03. The first-order valence-electron chi connectivity index (χ1n) is 6.67. The van der Waals surface area contributed by atoms with Crippen molar-refractivity contribution < 1.29 is 9.59 Å². The smallest absolute Gasteiger partial charge is 0.256 e. The molecule has 1 aliphatic heterocycles. The number of hydrogen-bond donors (Lipinski definition) is 0. The van der Waals surface area contributed by atoms with Gasteiger partial charge in [-0.2, -0.15) is 0 Å². The summed E-state index contributed by atoms with van der Waals surface area (Å²) in [5, 5.41) is 0. The molecule has 0 aromatic heterocycles. The third kappa shape index (κ3) is 2.36. The lowest BCUT2D eigenvalue weighted by molar-refractivity contribution is -0.142. The Morgan fingerprint density at radius 2 is 1.61 bits per heavy atom. The van der Waals surface area contributed by atoms with Crippen LogP contribution >= 0.6 is 0 Å². The Balaban J connectivity index is 2.24. The van der Waals surface area contributed by atoms with Crippen LogP contribution in [0.25, 0.3) is 0 Å². The zero-order valence-corrected chi connectivity index (χ0v) is 12.0. The maximum absolute atomic E-state index is 12.1. The summed E-state index contributed by atoms with van der Waals surface area (Å²) in [5.74, 6) is -0.227. The van der Waals surface area contributed by atoms with Gasteiger partial charge in [-0.15, -0.1) is 0 Å². The molecule has 2 amide bonds. The van der Waals surface area contributed by atoms with Gasteiger partial charge in [0, 0.05) is 17.7 Å². The molecule has 0 spiro atoms. The molecule has 0 unspecified atom stereocenters. The fourth-order valence-electron chi connectivity index (χ4n) is 3.92. The number of imide groups is 1. The molecule has 18 heavy (non-hydrogen) atoms. The first-order chi connectivity index (χ1) is 8.11. The van der Waals surface area contributed by atoms with Crippen molar-refractivity contribution in [3.8, 4) is 0 Å². The fraction of sp³-hybridized carbons (Fsp3) is 0.733. The number of carbonyl (C=O) groups excluding carboxylic acids is 2. The largest absolute Gasteiger partial charge is 0.272 e. The summed E-state index contributed by atoms with van der Waals surface area (Å²) >= 11 is 0. The van der Waals surface area contributed by atoms with Crippen LogP contribution in [-0.2, 0) is 9.59 Å². The summed E-state index contributed by atoms with van der Waals surface area (Å²) in [6.45, 7) is 10.6. The van der Waals surface area contributed by atoms with E-state index in [1.807, 2.05) is 0 Å². The minimum Gasteiger partial charge on any atom is -0.272 e. The molecule has 1 aliphatic carbocycles. The highest BCUT2D eigenvalue weighted by Crippen LogP contribution is 2.47. The molecule has 0 atom stereocenters. The van der Waals surface area contributed by atoms with Gasteiger partial charge in [0.15, 0.2) is 0 Å². The predicted molar refractivity (Wildman–Crippen MR) is 70.8 cm³/mol. The number of rotatable bonds is 1. The van der Waals surface area contributed by atoms with Crippen molar-refractivity contribution in [1.29, 1.82) is 0 Å². The Hall–Kier alpha value is -1.12. The molecule has 0 aromatic rings. The van der Waals surface area contributed by atoms with Gasteiger partial charge in [-0.05, 0) is 37.0 Å². The van der Waals surface area contributed by atoms with Gasteiger partial charge < -0.3 is 0 Å². The molecule has 0 N–H and O–H groups in total. The zero-order chi connectivity index (χ0) is 13.7. The monoisotopic (exact) mass is 249 g/mol. The molecule has 1 saturated carbocycles. The van der Waals surface area contributed by atoms with Crippen LogP contribution in [0.15, 0.2) is 11.6 Å². The zero-order valence-electron chi connectivity index (χ0n) is 12.0. The second-order valence-electron chi connectivity index (χ2n) is 7.41. The van der Waals surface area contributed by atoms with Crippen LogP contribution in [0, 0.1) is 10.8 Å². The summed E-state index contributed by atoms with van der Waals surface area (Å²) in [6, 6.07) is 0.0532. The molecule has 1 fully saturated rings. The van der Waals surface area contributed by atoms with Gasteiger partial charge in [-0.1, -0.05) is 27.7 Å². The topological polar surface area (TPSA) is 37.4 Å². The van der Waals surface area contributed by atoms with Gasteiger partial charge in [-0.3, -0.25) is 14.5 Å². The van der Waals surface area contributed by atoms with E-state index in [1.165, 1.54) is 11.0 Å². The maximum atomic E-state index is 12.1.